The molecule has 3 saturated heterocycles. The molecule has 0 bridgehead atoms. The summed E-state index contributed by atoms with van der Waals surface area (Å²) in [5, 5.41) is 2.89. The molecule has 3 fully saturated rings. The summed E-state index contributed by atoms with van der Waals surface area (Å²) in [5.41, 5.74) is 1.73. The average molecular weight is 418 g/mol. The van der Waals surface area contributed by atoms with Crippen LogP contribution in [0.1, 0.15) is 31.2 Å². The van der Waals surface area contributed by atoms with E-state index in [0.29, 0.717) is 6.42 Å². The second-order valence-corrected chi connectivity index (χ2v) is 10.2. The maximum Gasteiger partial charge on any atom is 0.244 e. The van der Waals surface area contributed by atoms with Gasteiger partial charge in [0.15, 0.2) is 9.84 Å². The van der Waals surface area contributed by atoms with E-state index < -0.39 is 9.84 Å². The van der Waals surface area contributed by atoms with Crippen LogP contribution in [0.4, 0.5) is 5.69 Å². The van der Waals surface area contributed by atoms with E-state index >= 15 is 0 Å². The smallest absolute Gasteiger partial charge is 0.244 e. The maximum atomic E-state index is 12.4. The molecule has 0 aliphatic carbocycles. The first-order valence-electron chi connectivity index (χ1n) is 10.2. The molecule has 156 valence electrons. The van der Waals surface area contributed by atoms with E-state index in [4.69, 9.17) is 0 Å². The van der Waals surface area contributed by atoms with E-state index in [1.807, 2.05) is 24.3 Å². The number of amides is 2. The van der Waals surface area contributed by atoms with Crippen molar-refractivity contribution in [2.24, 2.45) is 0 Å². The number of anilines is 1. The van der Waals surface area contributed by atoms with Crippen LogP contribution in [0.15, 0.2) is 30.3 Å². The summed E-state index contributed by atoms with van der Waals surface area (Å²) in [6.07, 6.45) is 6.79. The summed E-state index contributed by atoms with van der Waals surface area (Å²) in [6, 6.07) is 7.02. The van der Waals surface area contributed by atoms with E-state index in [0.717, 1.165) is 50.1 Å². The van der Waals surface area contributed by atoms with Gasteiger partial charge in [-0.05, 0) is 56.1 Å². The van der Waals surface area contributed by atoms with E-state index in [1.165, 1.54) is 6.08 Å². The van der Waals surface area contributed by atoms with Crippen LogP contribution in [0, 0.1) is 0 Å². The van der Waals surface area contributed by atoms with Crippen molar-refractivity contribution in [1.82, 2.24) is 10.2 Å². The zero-order chi connectivity index (χ0) is 20.4. The molecule has 0 spiro atoms. The van der Waals surface area contributed by atoms with Gasteiger partial charge in [0.2, 0.25) is 11.8 Å². The van der Waals surface area contributed by atoms with Gasteiger partial charge < -0.3 is 10.2 Å². The minimum atomic E-state index is -3.12. The van der Waals surface area contributed by atoms with Gasteiger partial charge in [-0.2, -0.15) is 0 Å². The SMILES string of the molecule is O=C(/C=C/c1ccc(N2CCCC2=O)cc1)NC1CS(=O)(=O)CC1N1CCCC1. The summed E-state index contributed by atoms with van der Waals surface area (Å²) in [4.78, 5) is 28.2. The first kappa shape index (κ1) is 20.1. The molecule has 4 rings (SSSR count). The van der Waals surface area contributed by atoms with E-state index in [-0.39, 0.29) is 35.4 Å². The van der Waals surface area contributed by atoms with Crippen molar-refractivity contribution in [2.75, 3.05) is 36.0 Å². The number of hydrogen-bond acceptors (Lipinski definition) is 5. The van der Waals surface area contributed by atoms with Gasteiger partial charge in [0, 0.05) is 30.8 Å². The summed E-state index contributed by atoms with van der Waals surface area (Å²) in [7, 11) is -3.12. The quantitative estimate of drug-likeness (QED) is 0.728. The van der Waals surface area contributed by atoms with Gasteiger partial charge in [0.05, 0.1) is 17.5 Å². The molecule has 0 radical (unpaired) electrons. The van der Waals surface area contributed by atoms with Crippen molar-refractivity contribution in [3.63, 3.8) is 0 Å². The van der Waals surface area contributed by atoms with Crippen LogP contribution in [-0.2, 0) is 19.4 Å². The van der Waals surface area contributed by atoms with Crippen LogP contribution in [0.5, 0.6) is 0 Å². The topological polar surface area (TPSA) is 86.8 Å². The Labute approximate surface area is 171 Å². The third-order valence-electron chi connectivity index (χ3n) is 5.97. The molecule has 1 aromatic carbocycles. The molecule has 1 N–H and O–H groups in total. The van der Waals surface area contributed by atoms with Crippen LogP contribution in [0.25, 0.3) is 6.08 Å². The minimum absolute atomic E-state index is 0.00626. The highest BCUT2D eigenvalue weighted by Crippen LogP contribution is 2.23. The van der Waals surface area contributed by atoms with E-state index in [9.17, 15) is 18.0 Å². The Balaban J connectivity index is 1.37. The zero-order valence-corrected chi connectivity index (χ0v) is 17.2. The lowest BCUT2D eigenvalue weighted by molar-refractivity contribution is -0.118. The number of carbonyl (C=O) groups excluding carboxylic acids is 2. The molecular weight excluding hydrogens is 390 g/mol. The standard InChI is InChI=1S/C21H27N3O4S/c25-20(22-18-14-29(27,28)15-19(18)23-11-1-2-12-23)10-7-16-5-8-17(9-6-16)24-13-3-4-21(24)26/h5-10,18-19H,1-4,11-15H2,(H,22,25)/b10-7+. The van der Waals surface area contributed by atoms with Crippen molar-refractivity contribution in [2.45, 2.75) is 37.8 Å². The molecule has 2 atom stereocenters. The van der Waals surface area contributed by atoms with Crippen molar-refractivity contribution in [3.8, 4) is 0 Å². The number of benzene rings is 1. The van der Waals surface area contributed by atoms with Crippen molar-refractivity contribution < 1.29 is 18.0 Å². The molecule has 3 heterocycles. The van der Waals surface area contributed by atoms with Crippen molar-refractivity contribution in [3.05, 3.63) is 35.9 Å². The fourth-order valence-corrected chi connectivity index (χ4v) is 6.44. The normalized spacial score (nSPS) is 27.2. The lowest BCUT2D eigenvalue weighted by atomic mass is 10.1. The van der Waals surface area contributed by atoms with Crippen LogP contribution >= 0.6 is 0 Å². The Hall–Kier alpha value is -2.19. The lowest BCUT2D eigenvalue weighted by Gasteiger charge is -2.28. The van der Waals surface area contributed by atoms with Gasteiger partial charge in [-0.25, -0.2) is 8.42 Å². The Morgan fingerprint density at radius 3 is 2.41 bits per heavy atom. The largest absolute Gasteiger partial charge is 0.347 e. The third-order valence-corrected chi connectivity index (χ3v) is 7.68. The number of carbonyl (C=O) groups is 2. The molecule has 2 amide bonds. The molecule has 0 saturated carbocycles. The second kappa shape index (κ2) is 8.28. The Bertz CT molecular complexity index is 904. The Morgan fingerprint density at radius 1 is 1.03 bits per heavy atom. The van der Waals surface area contributed by atoms with Crippen LogP contribution < -0.4 is 10.2 Å². The van der Waals surface area contributed by atoms with Gasteiger partial charge in [-0.15, -0.1) is 0 Å². The molecule has 8 heteroatoms. The lowest BCUT2D eigenvalue weighted by Crippen LogP contribution is -2.49. The van der Waals surface area contributed by atoms with Gasteiger partial charge in [-0.1, -0.05) is 12.1 Å². The van der Waals surface area contributed by atoms with Crippen LogP contribution in [-0.4, -0.2) is 68.4 Å². The summed E-state index contributed by atoms with van der Waals surface area (Å²) < 4.78 is 24.2. The van der Waals surface area contributed by atoms with Crippen LogP contribution in [0.3, 0.4) is 0 Å². The summed E-state index contributed by atoms with van der Waals surface area (Å²) in [5.74, 6) is -0.00758. The molecule has 3 aliphatic heterocycles. The molecule has 1 aromatic rings. The monoisotopic (exact) mass is 417 g/mol. The zero-order valence-electron chi connectivity index (χ0n) is 16.4. The molecule has 2 unspecified atom stereocenters. The average Bonchev–Trinajstić information content (AvgIpc) is 3.41. The maximum absolute atomic E-state index is 12.4. The third kappa shape index (κ3) is 4.70. The molecule has 7 nitrogen and oxygen atoms in total. The Kier molecular flexibility index (Phi) is 5.74. The second-order valence-electron chi connectivity index (χ2n) is 8.08. The number of sulfone groups is 1. The first-order valence-corrected chi connectivity index (χ1v) is 12.1. The highest BCUT2D eigenvalue weighted by atomic mass is 32.2. The van der Waals surface area contributed by atoms with Gasteiger partial charge in [0.1, 0.15) is 0 Å². The molecule has 0 aromatic heterocycles. The van der Waals surface area contributed by atoms with E-state index in [2.05, 4.69) is 10.2 Å². The Morgan fingerprint density at radius 2 is 1.76 bits per heavy atom. The number of likely N-dealkylation sites (tertiary alicyclic amines) is 1. The predicted molar refractivity (Wildman–Crippen MR) is 112 cm³/mol. The van der Waals surface area contributed by atoms with Gasteiger partial charge in [0.25, 0.3) is 0 Å². The molecule has 29 heavy (non-hydrogen) atoms. The summed E-state index contributed by atoms with van der Waals surface area (Å²) in [6.45, 7) is 2.54. The summed E-state index contributed by atoms with van der Waals surface area (Å²) >= 11 is 0. The van der Waals surface area contributed by atoms with Crippen molar-refractivity contribution in [1.29, 1.82) is 0 Å². The molecule has 3 aliphatic rings. The number of hydrogen-bond donors (Lipinski definition) is 1. The molecular formula is C21H27N3O4S. The predicted octanol–water partition coefficient (Wildman–Crippen LogP) is 1.20. The number of nitrogens with one attached hydrogen (secondary N) is 1. The highest BCUT2D eigenvalue weighted by molar-refractivity contribution is 7.91. The van der Waals surface area contributed by atoms with Crippen molar-refractivity contribution >= 4 is 33.4 Å². The van der Waals surface area contributed by atoms with Crippen LogP contribution in [0.2, 0.25) is 0 Å². The number of nitrogens with zero attached hydrogens (tertiary/aromatic N) is 2. The highest BCUT2D eigenvalue weighted by Gasteiger charge is 2.42. The van der Waals surface area contributed by atoms with E-state index in [1.54, 1.807) is 11.0 Å². The minimum Gasteiger partial charge on any atom is -0.347 e. The first-order chi connectivity index (χ1) is 13.9. The number of rotatable bonds is 5. The van der Waals surface area contributed by atoms with Gasteiger partial charge >= 0.3 is 0 Å². The fourth-order valence-electron chi connectivity index (χ4n) is 4.49. The van der Waals surface area contributed by atoms with Gasteiger partial charge in [-0.3, -0.25) is 14.5 Å². The fraction of sp³-hybridized carbons (Fsp3) is 0.524.